The third-order valence-corrected chi connectivity index (χ3v) is 2.88. The number of amides is 1. The number of carbonyl (C=O) groups excluding carboxylic acids is 1. The molecule has 0 saturated carbocycles. The van der Waals surface area contributed by atoms with Crippen molar-refractivity contribution in [3.63, 3.8) is 0 Å². The zero-order valence-corrected chi connectivity index (χ0v) is 12.1. The summed E-state index contributed by atoms with van der Waals surface area (Å²) < 4.78 is 28.5. The lowest BCUT2D eigenvalue weighted by Gasteiger charge is -2.07. The molecule has 0 saturated heterocycles. The van der Waals surface area contributed by atoms with E-state index in [1.807, 2.05) is 0 Å². The van der Waals surface area contributed by atoms with Gasteiger partial charge in [-0.15, -0.1) is 0 Å². The first-order valence-corrected chi connectivity index (χ1v) is 6.70. The van der Waals surface area contributed by atoms with Crippen LogP contribution in [-0.4, -0.2) is 12.5 Å². The summed E-state index contributed by atoms with van der Waals surface area (Å²) in [6.07, 6.45) is 2.95. The highest BCUT2D eigenvalue weighted by molar-refractivity contribution is 6.30. The fourth-order valence-corrected chi connectivity index (χ4v) is 1.81. The van der Waals surface area contributed by atoms with E-state index in [9.17, 15) is 13.6 Å². The third kappa shape index (κ3) is 5.18. The summed E-state index contributed by atoms with van der Waals surface area (Å²) in [5.74, 6) is -0.404. The quantitative estimate of drug-likeness (QED) is 0.817. The Balaban J connectivity index is 1.98. The molecule has 22 heavy (non-hydrogen) atoms. The number of anilines is 1. The van der Waals surface area contributed by atoms with E-state index in [1.165, 1.54) is 24.3 Å². The molecule has 0 aliphatic heterocycles. The Morgan fingerprint density at radius 2 is 1.91 bits per heavy atom. The van der Waals surface area contributed by atoms with E-state index in [1.54, 1.807) is 36.4 Å². The smallest absolute Gasteiger partial charge is 0.387 e. The fourth-order valence-electron chi connectivity index (χ4n) is 1.68. The predicted molar refractivity (Wildman–Crippen MR) is 82.2 cm³/mol. The molecule has 2 aromatic carbocycles. The molecule has 114 valence electrons. The molecule has 0 aliphatic rings. The molecule has 1 N–H and O–H groups in total. The fraction of sp³-hybridized carbons (Fsp3) is 0.0625. The van der Waals surface area contributed by atoms with Crippen LogP contribution in [0.3, 0.4) is 0 Å². The highest BCUT2D eigenvalue weighted by atomic mass is 35.5. The molecule has 0 aromatic heterocycles. The zero-order valence-electron chi connectivity index (χ0n) is 11.3. The maximum absolute atomic E-state index is 12.1. The molecule has 2 rings (SSSR count). The average Bonchev–Trinajstić information content (AvgIpc) is 2.46. The van der Waals surface area contributed by atoms with E-state index < -0.39 is 6.61 Å². The van der Waals surface area contributed by atoms with Crippen LogP contribution in [0.15, 0.2) is 54.6 Å². The average molecular weight is 324 g/mol. The minimum atomic E-state index is -2.91. The van der Waals surface area contributed by atoms with E-state index >= 15 is 0 Å². The Hall–Kier alpha value is -2.40. The molecule has 1 amide bonds. The van der Waals surface area contributed by atoms with Gasteiger partial charge < -0.3 is 10.1 Å². The van der Waals surface area contributed by atoms with Gasteiger partial charge in [-0.3, -0.25) is 4.79 Å². The Morgan fingerprint density at radius 3 is 2.59 bits per heavy atom. The van der Waals surface area contributed by atoms with Gasteiger partial charge >= 0.3 is 6.61 Å². The van der Waals surface area contributed by atoms with Gasteiger partial charge in [0.25, 0.3) is 0 Å². The summed E-state index contributed by atoms with van der Waals surface area (Å²) in [7, 11) is 0. The molecular weight excluding hydrogens is 312 g/mol. The number of hydrogen-bond acceptors (Lipinski definition) is 2. The molecule has 0 radical (unpaired) electrons. The van der Waals surface area contributed by atoms with Crippen molar-refractivity contribution in [2.45, 2.75) is 6.61 Å². The van der Waals surface area contributed by atoms with E-state index in [2.05, 4.69) is 10.1 Å². The molecule has 0 fully saturated rings. The second-order valence-electron chi connectivity index (χ2n) is 4.28. The van der Waals surface area contributed by atoms with Crippen LogP contribution in [0.4, 0.5) is 14.5 Å². The van der Waals surface area contributed by atoms with Crippen LogP contribution in [0.1, 0.15) is 5.56 Å². The van der Waals surface area contributed by atoms with Crippen molar-refractivity contribution in [3.05, 3.63) is 65.2 Å². The number of rotatable bonds is 5. The lowest BCUT2D eigenvalue weighted by atomic mass is 10.2. The van der Waals surface area contributed by atoms with Crippen molar-refractivity contribution >= 4 is 29.3 Å². The van der Waals surface area contributed by atoms with Crippen molar-refractivity contribution in [2.24, 2.45) is 0 Å². The summed E-state index contributed by atoms with van der Waals surface area (Å²) in [5.41, 5.74) is 1.18. The lowest BCUT2D eigenvalue weighted by Crippen LogP contribution is -2.08. The van der Waals surface area contributed by atoms with Gasteiger partial charge in [0.05, 0.1) is 0 Å². The Bertz CT molecular complexity index is 672. The van der Waals surface area contributed by atoms with Gasteiger partial charge in [-0.2, -0.15) is 8.78 Å². The normalized spacial score (nSPS) is 10.9. The maximum atomic E-state index is 12.1. The van der Waals surface area contributed by atoms with Gasteiger partial charge in [-0.05, 0) is 35.9 Å². The predicted octanol–water partition coefficient (Wildman–Crippen LogP) is 4.59. The van der Waals surface area contributed by atoms with Gasteiger partial charge in [0.2, 0.25) is 5.91 Å². The summed E-state index contributed by atoms with van der Waals surface area (Å²) in [4.78, 5) is 11.8. The molecule has 0 heterocycles. The second-order valence-corrected chi connectivity index (χ2v) is 4.72. The summed E-state index contributed by atoms with van der Waals surface area (Å²) in [5, 5.41) is 3.17. The van der Waals surface area contributed by atoms with Gasteiger partial charge in [0, 0.05) is 22.9 Å². The number of hydrogen-bond donors (Lipinski definition) is 1. The number of alkyl halides is 2. The van der Waals surface area contributed by atoms with Crippen LogP contribution in [0.2, 0.25) is 5.02 Å². The second kappa shape index (κ2) is 7.56. The van der Waals surface area contributed by atoms with E-state index in [0.717, 1.165) is 5.56 Å². The van der Waals surface area contributed by atoms with Crippen LogP contribution in [0.5, 0.6) is 5.75 Å². The van der Waals surface area contributed by atoms with E-state index in [4.69, 9.17) is 11.6 Å². The maximum Gasteiger partial charge on any atom is 0.387 e. The van der Waals surface area contributed by atoms with Gasteiger partial charge in [-0.25, -0.2) is 0 Å². The number of ether oxygens (including phenoxy) is 1. The molecule has 0 aliphatic carbocycles. The van der Waals surface area contributed by atoms with Crippen molar-refractivity contribution < 1.29 is 18.3 Å². The van der Waals surface area contributed by atoms with Crippen LogP contribution in [0.25, 0.3) is 6.08 Å². The number of nitrogens with one attached hydrogen (secondary N) is 1. The SMILES string of the molecule is O=C(C=Cc1ccc(Cl)cc1)Nc1cccc(OC(F)F)c1. The third-order valence-electron chi connectivity index (χ3n) is 2.62. The molecule has 0 spiro atoms. The van der Waals surface area contributed by atoms with Crippen molar-refractivity contribution in [3.8, 4) is 5.75 Å². The number of halogens is 3. The highest BCUT2D eigenvalue weighted by Gasteiger charge is 2.05. The molecule has 0 atom stereocenters. The van der Waals surface area contributed by atoms with Gasteiger partial charge in [-0.1, -0.05) is 29.8 Å². The summed E-state index contributed by atoms with van der Waals surface area (Å²) in [6, 6.07) is 12.7. The largest absolute Gasteiger partial charge is 0.435 e. The first-order chi connectivity index (χ1) is 10.5. The van der Waals surface area contributed by atoms with Crippen LogP contribution in [0, 0.1) is 0 Å². The Kier molecular flexibility index (Phi) is 5.49. The molecule has 2 aromatic rings. The van der Waals surface area contributed by atoms with E-state index in [0.29, 0.717) is 10.7 Å². The first-order valence-electron chi connectivity index (χ1n) is 6.32. The number of benzene rings is 2. The lowest BCUT2D eigenvalue weighted by molar-refractivity contribution is -0.111. The minimum absolute atomic E-state index is 0.0190. The topological polar surface area (TPSA) is 38.3 Å². The van der Waals surface area contributed by atoms with Crippen LogP contribution < -0.4 is 10.1 Å². The first kappa shape index (κ1) is 16.0. The standard InChI is InChI=1S/C16H12ClF2NO2/c17-12-7-4-11(5-8-12)6-9-15(21)20-13-2-1-3-14(10-13)22-16(18)19/h1-10,16H,(H,20,21). The molecular formula is C16H12ClF2NO2. The molecule has 0 bridgehead atoms. The number of carbonyl (C=O) groups is 1. The van der Waals surface area contributed by atoms with E-state index in [-0.39, 0.29) is 11.7 Å². The molecule has 6 heteroatoms. The monoisotopic (exact) mass is 323 g/mol. The van der Waals surface area contributed by atoms with Crippen molar-refractivity contribution in [1.82, 2.24) is 0 Å². The van der Waals surface area contributed by atoms with Crippen molar-refractivity contribution in [1.29, 1.82) is 0 Å². The van der Waals surface area contributed by atoms with Crippen LogP contribution >= 0.6 is 11.6 Å². The molecule has 0 unspecified atom stereocenters. The summed E-state index contributed by atoms with van der Waals surface area (Å²) in [6.45, 7) is -2.91. The molecule has 3 nitrogen and oxygen atoms in total. The highest BCUT2D eigenvalue weighted by Crippen LogP contribution is 2.19. The van der Waals surface area contributed by atoms with Gasteiger partial charge in [0.15, 0.2) is 0 Å². The Morgan fingerprint density at radius 1 is 1.18 bits per heavy atom. The van der Waals surface area contributed by atoms with Gasteiger partial charge in [0.1, 0.15) is 5.75 Å². The summed E-state index contributed by atoms with van der Waals surface area (Å²) >= 11 is 5.76. The zero-order chi connectivity index (χ0) is 15.9. The Labute approximate surface area is 131 Å². The van der Waals surface area contributed by atoms with Crippen LogP contribution in [-0.2, 0) is 4.79 Å². The minimum Gasteiger partial charge on any atom is -0.435 e. The van der Waals surface area contributed by atoms with Crippen molar-refractivity contribution in [2.75, 3.05) is 5.32 Å².